The topological polar surface area (TPSA) is 91.4 Å². The zero-order chi connectivity index (χ0) is 27.9. The summed E-state index contributed by atoms with van der Waals surface area (Å²) >= 11 is 10.4. The van der Waals surface area contributed by atoms with E-state index in [4.69, 9.17) is 30.5 Å². The van der Waals surface area contributed by atoms with Crippen LogP contribution in [0.1, 0.15) is 22.8 Å². The summed E-state index contributed by atoms with van der Waals surface area (Å²) in [5, 5.41) is -0.138. The molecule has 0 atom stereocenters. The van der Waals surface area contributed by atoms with Gasteiger partial charge in [0.2, 0.25) is 0 Å². The van der Waals surface area contributed by atoms with Gasteiger partial charge in [0, 0.05) is 0 Å². The van der Waals surface area contributed by atoms with E-state index in [2.05, 4.69) is 15.9 Å². The van der Waals surface area contributed by atoms with E-state index in [-0.39, 0.29) is 40.1 Å². The van der Waals surface area contributed by atoms with Crippen LogP contribution < -0.4 is 18.9 Å². The molecule has 39 heavy (non-hydrogen) atoms. The van der Waals surface area contributed by atoms with Crippen LogP contribution in [0.15, 0.2) is 70.0 Å². The molecule has 0 radical (unpaired) electrons. The zero-order valence-electron chi connectivity index (χ0n) is 20.9. The van der Waals surface area contributed by atoms with Crippen LogP contribution in [0.3, 0.4) is 0 Å². The Hall–Kier alpha value is -3.47. The van der Waals surface area contributed by atoms with Crippen LogP contribution in [0.2, 0.25) is 5.02 Å². The van der Waals surface area contributed by atoms with Crippen LogP contribution in [0.5, 0.6) is 23.0 Å². The van der Waals surface area contributed by atoms with Crippen LogP contribution in [0, 0.1) is 0 Å². The average molecular weight is 633 g/mol. The molecule has 0 bridgehead atoms. The standard InChI is InChI=1S/C28H23BrClNO7S/c1-3-36-23-15-17(14-19(29)25(23)38-27(33)18-8-4-5-9-20(18)30)16-24-26(32)31(28(34)39-24)12-13-37-22-11-7-6-10-21(22)35-2/h4-11,14-16H,3,12-13H2,1-2H3/b24-16-. The molecule has 3 aromatic rings. The summed E-state index contributed by atoms with van der Waals surface area (Å²) in [5.41, 5.74) is 0.777. The first-order chi connectivity index (χ1) is 18.8. The number of hydrogen-bond acceptors (Lipinski definition) is 8. The molecule has 4 rings (SSSR count). The lowest BCUT2D eigenvalue weighted by atomic mass is 10.1. The second-order valence-electron chi connectivity index (χ2n) is 7.97. The molecule has 3 aromatic carbocycles. The lowest BCUT2D eigenvalue weighted by Gasteiger charge is -2.15. The Labute approximate surface area is 242 Å². The molecule has 0 saturated carbocycles. The van der Waals surface area contributed by atoms with E-state index < -0.39 is 17.1 Å². The summed E-state index contributed by atoms with van der Waals surface area (Å²) in [6, 6.07) is 17.0. The van der Waals surface area contributed by atoms with Crippen molar-refractivity contribution in [1.82, 2.24) is 4.90 Å². The zero-order valence-corrected chi connectivity index (χ0v) is 24.1. The van der Waals surface area contributed by atoms with Gasteiger partial charge in [0.25, 0.3) is 11.1 Å². The molecular formula is C28H23BrClNO7S. The largest absolute Gasteiger partial charge is 0.493 e. The maximum Gasteiger partial charge on any atom is 0.345 e. The number of halogens is 2. The minimum absolute atomic E-state index is 0.0743. The number of nitrogens with zero attached hydrogens (tertiary/aromatic N) is 1. The van der Waals surface area contributed by atoms with Gasteiger partial charge in [-0.25, -0.2) is 4.79 Å². The first-order valence-corrected chi connectivity index (χ1v) is 13.7. The third kappa shape index (κ3) is 6.76. The maximum absolute atomic E-state index is 13.0. The molecule has 1 saturated heterocycles. The van der Waals surface area contributed by atoms with Crippen molar-refractivity contribution in [2.75, 3.05) is 26.9 Å². The summed E-state index contributed by atoms with van der Waals surface area (Å²) in [7, 11) is 1.54. The number of amides is 2. The van der Waals surface area contributed by atoms with Gasteiger partial charge >= 0.3 is 5.97 Å². The Morgan fingerprint density at radius 1 is 1.03 bits per heavy atom. The number of hydrogen-bond donors (Lipinski definition) is 0. The van der Waals surface area contributed by atoms with Crippen LogP contribution in [-0.2, 0) is 4.79 Å². The van der Waals surface area contributed by atoms with Crippen molar-refractivity contribution >= 4 is 62.5 Å². The van der Waals surface area contributed by atoms with Gasteiger partial charge in [-0.3, -0.25) is 14.5 Å². The number of rotatable bonds is 10. The Bertz CT molecular complexity index is 1450. The second kappa shape index (κ2) is 13.1. The van der Waals surface area contributed by atoms with E-state index in [1.165, 1.54) is 7.11 Å². The fourth-order valence-electron chi connectivity index (χ4n) is 3.64. The van der Waals surface area contributed by atoms with Gasteiger partial charge in [-0.15, -0.1) is 0 Å². The normalized spacial score (nSPS) is 14.1. The van der Waals surface area contributed by atoms with E-state index in [0.29, 0.717) is 28.1 Å². The molecule has 1 fully saturated rings. The SMILES string of the molecule is CCOc1cc(/C=C2\SC(=O)N(CCOc3ccccc3OC)C2=O)cc(Br)c1OC(=O)c1ccccc1Cl. The highest BCUT2D eigenvalue weighted by atomic mass is 79.9. The third-order valence-corrected chi connectivity index (χ3v) is 7.26. The van der Waals surface area contributed by atoms with Crippen molar-refractivity contribution in [3.63, 3.8) is 0 Å². The summed E-state index contributed by atoms with van der Waals surface area (Å²) in [6.07, 6.45) is 1.58. The van der Waals surface area contributed by atoms with E-state index in [0.717, 1.165) is 16.7 Å². The molecule has 0 unspecified atom stereocenters. The number of thioether (sulfide) groups is 1. The molecule has 202 valence electrons. The summed E-state index contributed by atoms with van der Waals surface area (Å²) < 4.78 is 22.7. The van der Waals surface area contributed by atoms with Crippen LogP contribution in [0.25, 0.3) is 6.08 Å². The number of esters is 1. The average Bonchev–Trinajstić information content (AvgIpc) is 3.18. The molecule has 0 aromatic heterocycles. The minimum atomic E-state index is -0.647. The molecule has 11 heteroatoms. The molecule has 0 N–H and O–H groups in total. The first-order valence-electron chi connectivity index (χ1n) is 11.8. The Morgan fingerprint density at radius 2 is 1.74 bits per heavy atom. The maximum atomic E-state index is 13.0. The van der Waals surface area contributed by atoms with Crippen LogP contribution in [-0.4, -0.2) is 48.9 Å². The fraction of sp³-hybridized carbons (Fsp3) is 0.179. The Morgan fingerprint density at radius 3 is 2.46 bits per heavy atom. The number of carbonyl (C=O) groups excluding carboxylic acids is 3. The van der Waals surface area contributed by atoms with Gasteiger partial charge in [0.05, 0.1) is 40.2 Å². The number of methoxy groups -OCH3 is 1. The highest BCUT2D eigenvalue weighted by molar-refractivity contribution is 9.10. The molecule has 1 aliphatic rings. The van der Waals surface area contributed by atoms with Crippen LogP contribution in [0.4, 0.5) is 4.79 Å². The number of benzene rings is 3. The van der Waals surface area contributed by atoms with Gasteiger partial charge in [0.1, 0.15) is 6.61 Å². The molecular weight excluding hydrogens is 610 g/mol. The quantitative estimate of drug-likeness (QED) is 0.136. The summed E-state index contributed by atoms with van der Waals surface area (Å²) in [5.74, 6) is 0.446. The molecule has 0 aliphatic carbocycles. The van der Waals surface area contributed by atoms with E-state index in [1.54, 1.807) is 67.6 Å². The van der Waals surface area contributed by atoms with Gasteiger partial charge in [0.15, 0.2) is 23.0 Å². The van der Waals surface area contributed by atoms with Gasteiger partial charge in [-0.05, 0) is 82.7 Å². The summed E-state index contributed by atoms with van der Waals surface area (Å²) in [6.45, 7) is 2.27. The lowest BCUT2D eigenvalue weighted by molar-refractivity contribution is -0.123. The number of imide groups is 1. The third-order valence-electron chi connectivity index (χ3n) is 5.43. The van der Waals surface area contributed by atoms with Crippen molar-refractivity contribution in [2.24, 2.45) is 0 Å². The predicted molar refractivity (Wildman–Crippen MR) is 153 cm³/mol. The monoisotopic (exact) mass is 631 g/mol. The molecule has 2 amide bonds. The molecule has 0 spiro atoms. The Balaban J connectivity index is 1.50. The first kappa shape index (κ1) is 28.5. The number of para-hydroxylation sites is 2. The second-order valence-corrected chi connectivity index (χ2v) is 10.2. The number of carbonyl (C=O) groups is 3. The van der Waals surface area contributed by atoms with E-state index in [1.807, 2.05) is 6.07 Å². The van der Waals surface area contributed by atoms with Crippen molar-refractivity contribution in [1.29, 1.82) is 0 Å². The molecule has 8 nitrogen and oxygen atoms in total. The van der Waals surface area contributed by atoms with Crippen molar-refractivity contribution in [2.45, 2.75) is 6.92 Å². The smallest absolute Gasteiger partial charge is 0.345 e. The summed E-state index contributed by atoms with van der Waals surface area (Å²) in [4.78, 5) is 39.7. The van der Waals surface area contributed by atoms with Gasteiger partial charge < -0.3 is 18.9 Å². The van der Waals surface area contributed by atoms with Crippen molar-refractivity contribution < 1.29 is 33.3 Å². The van der Waals surface area contributed by atoms with Gasteiger partial charge in [-0.1, -0.05) is 35.9 Å². The van der Waals surface area contributed by atoms with Crippen molar-refractivity contribution in [3.8, 4) is 23.0 Å². The highest BCUT2D eigenvalue weighted by Crippen LogP contribution is 2.40. The lowest BCUT2D eigenvalue weighted by Crippen LogP contribution is -2.32. The highest BCUT2D eigenvalue weighted by Gasteiger charge is 2.35. The van der Waals surface area contributed by atoms with E-state index in [9.17, 15) is 14.4 Å². The van der Waals surface area contributed by atoms with Gasteiger partial charge in [-0.2, -0.15) is 0 Å². The minimum Gasteiger partial charge on any atom is -0.493 e. The fourth-order valence-corrected chi connectivity index (χ4v) is 5.26. The van der Waals surface area contributed by atoms with E-state index >= 15 is 0 Å². The van der Waals surface area contributed by atoms with Crippen LogP contribution >= 0.6 is 39.3 Å². The Kier molecular flexibility index (Phi) is 9.55. The number of ether oxygens (including phenoxy) is 4. The van der Waals surface area contributed by atoms with Crippen molar-refractivity contribution in [3.05, 3.63) is 86.2 Å². The predicted octanol–water partition coefficient (Wildman–Crippen LogP) is 6.84. The molecule has 1 aliphatic heterocycles. The molecule has 1 heterocycles.